The fourth-order valence-electron chi connectivity index (χ4n) is 2.37. The number of fused-ring (bicyclic) bond motifs is 2. The van der Waals surface area contributed by atoms with Crippen molar-refractivity contribution < 1.29 is 38.1 Å². The van der Waals surface area contributed by atoms with Crippen LogP contribution in [0, 0.1) is 0 Å². The van der Waals surface area contributed by atoms with Crippen LogP contribution in [0.2, 0.25) is 0 Å². The topological polar surface area (TPSA) is 104 Å². The van der Waals surface area contributed by atoms with Gasteiger partial charge in [-0.2, -0.15) is 8.78 Å². The van der Waals surface area contributed by atoms with Crippen molar-refractivity contribution in [3.8, 4) is 11.5 Å². The van der Waals surface area contributed by atoms with Crippen molar-refractivity contribution in [2.24, 2.45) is 0 Å². The van der Waals surface area contributed by atoms with E-state index >= 15 is 0 Å². The number of ketones is 2. The van der Waals surface area contributed by atoms with E-state index < -0.39 is 29.4 Å². The third-order valence-corrected chi connectivity index (χ3v) is 3.46. The molecular formula is C16H7F2O6-. The number of aromatic hydroxyl groups is 1. The Kier molecular flexibility index (Phi) is 3.33. The predicted molar refractivity (Wildman–Crippen MR) is 72.0 cm³/mol. The van der Waals surface area contributed by atoms with Gasteiger partial charge >= 0.3 is 6.11 Å². The standard InChI is InChI=1S/C16H8F2O6/c17-16(18,15(22)23)24-8-2-4-10-12(6-8)14(21)9-3-1-7(19)5-11(9)13(10)20/h1-6,19H,(H,22,23)/p-1. The minimum atomic E-state index is -4.58. The maximum absolute atomic E-state index is 13.1. The summed E-state index contributed by atoms with van der Waals surface area (Å²) in [6.45, 7) is 0. The molecule has 0 aliphatic heterocycles. The lowest BCUT2D eigenvalue weighted by Crippen LogP contribution is -2.45. The number of hydrogen-bond donors (Lipinski definition) is 1. The van der Waals surface area contributed by atoms with Crippen LogP contribution in [-0.2, 0) is 4.79 Å². The van der Waals surface area contributed by atoms with Gasteiger partial charge in [0.1, 0.15) is 11.5 Å². The number of halogens is 2. The van der Waals surface area contributed by atoms with Crippen LogP contribution in [0.25, 0.3) is 0 Å². The molecule has 2 aromatic carbocycles. The number of carbonyl (C=O) groups excluding carboxylic acids is 3. The van der Waals surface area contributed by atoms with Crippen LogP contribution in [0.15, 0.2) is 36.4 Å². The SMILES string of the molecule is O=C1c2ccc(OC(F)(F)C(=O)[O-])cc2C(=O)c2ccc(O)cc21. The Balaban J connectivity index is 2.06. The van der Waals surface area contributed by atoms with Crippen molar-refractivity contribution in [3.63, 3.8) is 0 Å². The van der Waals surface area contributed by atoms with E-state index in [1.165, 1.54) is 12.1 Å². The number of benzene rings is 2. The Bertz CT molecular complexity index is 903. The average molecular weight is 333 g/mol. The molecular weight excluding hydrogens is 326 g/mol. The van der Waals surface area contributed by atoms with Gasteiger partial charge in [-0.25, -0.2) is 0 Å². The lowest BCUT2D eigenvalue weighted by molar-refractivity contribution is -0.350. The van der Waals surface area contributed by atoms with Crippen LogP contribution < -0.4 is 9.84 Å². The minimum absolute atomic E-state index is 0.00545. The molecule has 122 valence electrons. The summed E-state index contributed by atoms with van der Waals surface area (Å²) in [5.74, 6) is -4.75. The molecule has 1 N–H and O–H groups in total. The zero-order valence-electron chi connectivity index (χ0n) is 11.7. The van der Waals surface area contributed by atoms with Gasteiger partial charge in [-0.15, -0.1) is 0 Å². The van der Waals surface area contributed by atoms with Crippen molar-refractivity contribution in [2.75, 3.05) is 0 Å². The first kappa shape index (κ1) is 15.6. The van der Waals surface area contributed by atoms with Crippen molar-refractivity contribution in [3.05, 3.63) is 58.7 Å². The second-order valence-corrected chi connectivity index (χ2v) is 5.00. The fraction of sp³-hybridized carbons (Fsp3) is 0.0625. The van der Waals surface area contributed by atoms with Crippen molar-refractivity contribution in [1.29, 1.82) is 0 Å². The van der Waals surface area contributed by atoms with E-state index in [1.807, 2.05) is 0 Å². The number of carboxylic acids is 1. The van der Waals surface area contributed by atoms with Crippen LogP contribution >= 0.6 is 0 Å². The van der Waals surface area contributed by atoms with Gasteiger partial charge in [0.2, 0.25) is 0 Å². The van der Waals surface area contributed by atoms with Crippen LogP contribution in [-0.4, -0.2) is 28.8 Å². The molecule has 0 aromatic heterocycles. The number of ether oxygens (including phenoxy) is 1. The van der Waals surface area contributed by atoms with Crippen LogP contribution in [0.4, 0.5) is 8.78 Å². The number of phenolic OH excluding ortho intramolecular Hbond substituents is 1. The summed E-state index contributed by atoms with van der Waals surface area (Å²) in [5, 5.41) is 19.7. The lowest BCUT2D eigenvalue weighted by Gasteiger charge is -2.21. The smallest absolute Gasteiger partial charge is 0.441 e. The average Bonchev–Trinajstić information content (AvgIpc) is 2.52. The Hall–Kier alpha value is -3.29. The molecule has 2 aromatic rings. The molecule has 3 rings (SSSR count). The number of carbonyl (C=O) groups is 3. The molecule has 0 radical (unpaired) electrons. The Morgan fingerprint density at radius 1 is 0.958 bits per heavy atom. The second-order valence-electron chi connectivity index (χ2n) is 5.00. The molecule has 0 amide bonds. The molecule has 0 spiro atoms. The fourth-order valence-corrected chi connectivity index (χ4v) is 2.37. The Labute approximate surface area is 132 Å². The van der Waals surface area contributed by atoms with Crippen LogP contribution in [0.3, 0.4) is 0 Å². The summed E-state index contributed by atoms with van der Waals surface area (Å²) in [6, 6.07) is 6.45. The number of phenols is 1. The molecule has 0 saturated carbocycles. The van der Waals surface area contributed by atoms with Gasteiger partial charge in [-0.1, -0.05) is 0 Å². The maximum Gasteiger partial charge on any atom is 0.441 e. The number of carboxylic acid groups (broad SMARTS) is 1. The Morgan fingerprint density at radius 3 is 2.08 bits per heavy atom. The van der Waals surface area contributed by atoms with E-state index in [0.29, 0.717) is 0 Å². The minimum Gasteiger partial charge on any atom is -0.541 e. The summed E-state index contributed by atoms with van der Waals surface area (Å²) in [5.41, 5.74) is -0.289. The summed E-state index contributed by atoms with van der Waals surface area (Å²) in [7, 11) is 0. The van der Waals surface area contributed by atoms with Crippen LogP contribution in [0.5, 0.6) is 11.5 Å². The summed E-state index contributed by atoms with van der Waals surface area (Å²) >= 11 is 0. The number of rotatable bonds is 3. The highest BCUT2D eigenvalue weighted by Crippen LogP contribution is 2.32. The molecule has 6 nitrogen and oxygen atoms in total. The first-order chi connectivity index (χ1) is 11.2. The van der Waals surface area contributed by atoms with Gasteiger partial charge in [0.05, 0.1) is 0 Å². The van der Waals surface area contributed by atoms with E-state index in [-0.39, 0.29) is 28.0 Å². The summed E-state index contributed by atoms with van der Waals surface area (Å²) in [6.07, 6.45) is -4.58. The van der Waals surface area contributed by atoms with Crippen molar-refractivity contribution >= 4 is 17.5 Å². The van der Waals surface area contributed by atoms with Gasteiger partial charge < -0.3 is 19.7 Å². The lowest BCUT2D eigenvalue weighted by atomic mass is 9.84. The largest absolute Gasteiger partial charge is 0.541 e. The molecule has 0 unspecified atom stereocenters. The number of aliphatic carboxylic acids is 1. The van der Waals surface area contributed by atoms with E-state index in [1.54, 1.807) is 0 Å². The molecule has 24 heavy (non-hydrogen) atoms. The Morgan fingerprint density at radius 2 is 1.50 bits per heavy atom. The highest BCUT2D eigenvalue weighted by atomic mass is 19.3. The van der Waals surface area contributed by atoms with Gasteiger partial charge in [0.15, 0.2) is 17.5 Å². The zero-order chi connectivity index (χ0) is 17.6. The van der Waals surface area contributed by atoms with E-state index in [4.69, 9.17) is 0 Å². The second kappa shape index (κ2) is 5.12. The van der Waals surface area contributed by atoms with E-state index in [0.717, 1.165) is 24.3 Å². The molecule has 0 atom stereocenters. The van der Waals surface area contributed by atoms with Gasteiger partial charge in [0.25, 0.3) is 0 Å². The van der Waals surface area contributed by atoms with Crippen molar-refractivity contribution in [1.82, 2.24) is 0 Å². The highest BCUT2D eigenvalue weighted by molar-refractivity contribution is 6.28. The molecule has 0 fully saturated rings. The molecule has 8 heteroatoms. The summed E-state index contributed by atoms with van der Waals surface area (Å²) in [4.78, 5) is 35.1. The first-order valence-corrected chi connectivity index (χ1v) is 6.55. The van der Waals surface area contributed by atoms with Crippen LogP contribution in [0.1, 0.15) is 31.8 Å². The number of alkyl halides is 2. The third-order valence-electron chi connectivity index (χ3n) is 3.46. The van der Waals surface area contributed by atoms with Gasteiger partial charge in [-0.3, -0.25) is 9.59 Å². The molecule has 1 aliphatic rings. The van der Waals surface area contributed by atoms with Crippen molar-refractivity contribution in [2.45, 2.75) is 6.11 Å². The molecule has 0 bridgehead atoms. The number of hydrogen-bond acceptors (Lipinski definition) is 6. The third kappa shape index (κ3) is 2.37. The first-order valence-electron chi connectivity index (χ1n) is 6.55. The van der Waals surface area contributed by atoms with Gasteiger partial charge in [-0.05, 0) is 36.4 Å². The predicted octanol–water partition coefficient (Wildman–Crippen LogP) is 0.889. The monoisotopic (exact) mass is 333 g/mol. The van der Waals surface area contributed by atoms with E-state index in [2.05, 4.69) is 4.74 Å². The normalized spacial score (nSPS) is 13.2. The highest BCUT2D eigenvalue weighted by Gasteiger charge is 2.35. The van der Waals surface area contributed by atoms with Gasteiger partial charge in [0, 0.05) is 22.3 Å². The molecule has 1 aliphatic carbocycles. The zero-order valence-corrected chi connectivity index (χ0v) is 11.7. The van der Waals surface area contributed by atoms with E-state index in [9.17, 15) is 33.4 Å². The maximum atomic E-state index is 13.1. The molecule has 0 saturated heterocycles. The molecule has 0 heterocycles. The summed E-state index contributed by atoms with van der Waals surface area (Å²) < 4.78 is 30.1. The quantitative estimate of drug-likeness (QED) is 0.763.